The minimum Gasteiger partial charge on any atom is -0.479 e. The number of carbonyl (C=O) groups is 1. The summed E-state index contributed by atoms with van der Waals surface area (Å²) in [6, 6.07) is 7.90. The summed E-state index contributed by atoms with van der Waals surface area (Å²) in [5, 5.41) is 3.47. The van der Waals surface area contributed by atoms with Crippen molar-refractivity contribution in [2.75, 3.05) is 18.4 Å². The fraction of sp³-hybridized carbons (Fsp3) is 0.450. The molecule has 25 heavy (non-hydrogen) atoms. The summed E-state index contributed by atoms with van der Waals surface area (Å²) in [6.45, 7) is 10.6. The molecule has 5 heteroatoms. The van der Waals surface area contributed by atoms with Crippen molar-refractivity contribution in [1.29, 1.82) is 0 Å². The average molecular weight is 342 g/mol. The van der Waals surface area contributed by atoms with Crippen molar-refractivity contribution in [3.63, 3.8) is 0 Å². The van der Waals surface area contributed by atoms with E-state index < -0.39 is 11.2 Å². The van der Waals surface area contributed by atoms with E-state index in [2.05, 4.69) is 11.9 Å². The number of nitrogens with one attached hydrogen (secondary N) is 1. The second-order valence-electron chi connectivity index (χ2n) is 7.50. The molecule has 1 fully saturated rings. The molecule has 0 unspecified atom stereocenters. The van der Waals surface area contributed by atoms with E-state index in [0.717, 1.165) is 17.1 Å². The van der Waals surface area contributed by atoms with Crippen molar-refractivity contribution < 1.29 is 14.3 Å². The molecular weight excluding hydrogens is 316 g/mol. The van der Waals surface area contributed by atoms with Gasteiger partial charge < -0.3 is 19.7 Å². The van der Waals surface area contributed by atoms with Crippen molar-refractivity contribution in [3.8, 4) is 5.75 Å². The van der Waals surface area contributed by atoms with Gasteiger partial charge in [0.1, 0.15) is 11.4 Å². The van der Waals surface area contributed by atoms with Gasteiger partial charge in [0.25, 0.3) is 0 Å². The maximum absolute atomic E-state index is 12.3. The molecule has 134 valence electrons. The van der Waals surface area contributed by atoms with Crippen LogP contribution in [0, 0.1) is 0 Å². The van der Waals surface area contributed by atoms with E-state index >= 15 is 0 Å². The molecule has 1 N–H and O–H groups in total. The second kappa shape index (κ2) is 6.47. The monoisotopic (exact) mass is 342 g/mol. The Hall–Kier alpha value is -2.43. The van der Waals surface area contributed by atoms with Gasteiger partial charge >= 0.3 is 6.09 Å². The van der Waals surface area contributed by atoms with Gasteiger partial charge in [-0.15, -0.1) is 0 Å². The molecule has 0 aromatic heterocycles. The third kappa shape index (κ3) is 3.65. The van der Waals surface area contributed by atoms with E-state index in [-0.39, 0.29) is 6.09 Å². The van der Waals surface area contributed by atoms with Gasteiger partial charge in [-0.2, -0.15) is 0 Å². The Morgan fingerprint density at radius 3 is 2.64 bits per heavy atom. The van der Waals surface area contributed by atoms with Gasteiger partial charge in [0.2, 0.25) is 0 Å². The molecule has 2 heterocycles. The summed E-state index contributed by atoms with van der Waals surface area (Å²) >= 11 is 0. The molecule has 0 aliphatic carbocycles. The number of ether oxygens (including phenoxy) is 2. The maximum Gasteiger partial charge on any atom is 0.410 e. The molecule has 2 aliphatic rings. The number of hydrogen-bond donors (Lipinski definition) is 1. The lowest BCUT2D eigenvalue weighted by Gasteiger charge is -2.46. The van der Waals surface area contributed by atoms with Crippen LogP contribution in [0.5, 0.6) is 5.75 Å². The highest BCUT2D eigenvalue weighted by Gasteiger charge is 2.44. The van der Waals surface area contributed by atoms with E-state index in [0.29, 0.717) is 25.9 Å². The largest absolute Gasteiger partial charge is 0.479 e. The summed E-state index contributed by atoms with van der Waals surface area (Å²) < 4.78 is 11.9. The van der Waals surface area contributed by atoms with Crippen molar-refractivity contribution in [2.45, 2.75) is 44.8 Å². The number of amides is 1. The van der Waals surface area contributed by atoms with Crippen LogP contribution in [0.2, 0.25) is 0 Å². The Bertz CT molecular complexity index is 695. The van der Waals surface area contributed by atoms with Crippen LogP contribution in [0.15, 0.2) is 48.7 Å². The number of hydrogen-bond acceptors (Lipinski definition) is 4. The Balaban J connectivity index is 1.77. The molecule has 0 atom stereocenters. The van der Waals surface area contributed by atoms with Crippen LogP contribution in [0.1, 0.15) is 33.6 Å². The normalized spacial score (nSPS) is 20.4. The summed E-state index contributed by atoms with van der Waals surface area (Å²) in [5.41, 5.74) is 1.00. The van der Waals surface area contributed by atoms with Crippen molar-refractivity contribution in [1.82, 2.24) is 4.90 Å². The minimum absolute atomic E-state index is 0.263. The number of likely N-dealkylation sites (tertiary alicyclic amines) is 1. The average Bonchev–Trinajstić information content (AvgIpc) is 2.55. The third-order valence-electron chi connectivity index (χ3n) is 4.46. The summed E-state index contributed by atoms with van der Waals surface area (Å²) in [6.07, 6.45) is 4.86. The standard InChI is InChI=1S/C20H26N2O3/c1-5-8-17-20(24-16-10-7-6-9-15(16)21-17)11-13-22(14-12-20)18(23)25-19(2,3)4/h5-10,21H,1,11-14H2,2-4H3/b17-8-. The third-order valence-corrected chi connectivity index (χ3v) is 4.46. The number of carbonyl (C=O) groups excluding carboxylic acids is 1. The molecule has 0 saturated carbocycles. The van der Waals surface area contributed by atoms with Crippen LogP contribution >= 0.6 is 0 Å². The highest BCUT2D eigenvalue weighted by Crippen LogP contribution is 2.43. The maximum atomic E-state index is 12.3. The minimum atomic E-state index is -0.484. The molecule has 1 spiro atoms. The molecule has 5 nitrogen and oxygen atoms in total. The SMILES string of the molecule is C=C/C=C1\Nc2ccccc2OC12CCN(C(=O)OC(C)(C)C)CC2. The molecule has 0 bridgehead atoms. The number of anilines is 1. The molecule has 2 aliphatic heterocycles. The van der Waals surface area contributed by atoms with Crippen LogP contribution in [0.25, 0.3) is 0 Å². The first-order valence-corrected chi connectivity index (χ1v) is 8.69. The lowest BCUT2D eigenvalue weighted by atomic mass is 9.86. The Morgan fingerprint density at radius 2 is 2.00 bits per heavy atom. The van der Waals surface area contributed by atoms with Crippen LogP contribution in [0.4, 0.5) is 10.5 Å². The van der Waals surface area contributed by atoms with Gasteiger partial charge in [-0.05, 0) is 39.0 Å². The number of piperidine rings is 1. The number of fused-ring (bicyclic) bond motifs is 1. The Kier molecular flexibility index (Phi) is 4.50. The summed E-state index contributed by atoms with van der Waals surface area (Å²) in [7, 11) is 0. The zero-order valence-electron chi connectivity index (χ0n) is 15.2. The van der Waals surface area contributed by atoms with Crippen LogP contribution < -0.4 is 10.1 Å². The Morgan fingerprint density at radius 1 is 1.32 bits per heavy atom. The van der Waals surface area contributed by atoms with Gasteiger partial charge in [0.05, 0.1) is 11.4 Å². The molecule has 1 amide bonds. The lowest BCUT2D eigenvalue weighted by Crippen LogP contribution is -2.54. The zero-order valence-corrected chi connectivity index (χ0v) is 15.2. The van der Waals surface area contributed by atoms with Crippen LogP contribution in [0.3, 0.4) is 0 Å². The fourth-order valence-electron chi connectivity index (χ4n) is 3.24. The number of rotatable bonds is 1. The lowest BCUT2D eigenvalue weighted by molar-refractivity contribution is -0.00480. The van der Waals surface area contributed by atoms with E-state index in [1.165, 1.54) is 0 Å². The molecular formula is C20H26N2O3. The van der Waals surface area contributed by atoms with Gasteiger partial charge in [-0.3, -0.25) is 0 Å². The number of para-hydroxylation sites is 2. The second-order valence-corrected chi connectivity index (χ2v) is 7.50. The van der Waals surface area contributed by atoms with Crippen molar-refractivity contribution in [3.05, 3.63) is 48.7 Å². The number of nitrogens with zero attached hydrogens (tertiary/aromatic N) is 1. The van der Waals surface area contributed by atoms with E-state index in [1.807, 2.05) is 51.1 Å². The predicted molar refractivity (Wildman–Crippen MR) is 98.7 cm³/mol. The molecule has 3 rings (SSSR count). The molecule has 1 aromatic rings. The molecule has 1 aromatic carbocycles. The summed E-state index contributed by atoms with van der Waals surface area (Å²) in [5.74, 6) is 0.842. The molecule has 1 saturated heterocycles. The Labute approximate surface area is 149 Å². The fourth-order valence-corrected chi connectivity index (χ4v) is 3.24. The van der Waals surface area contributed by atoms with Gasteiger partial charge in [-0.1, -0.05) is 24.8 Å². The van der Waals surface area contributed by atoms with E-state index in [4.69, 9.17) is 9.47 Å². The summed E-state index contributed by atoms with van der Waals surface area (Å²) in [4.78, 5) is 14.1. The highest BCUT2D eigenvalue weighted by molar-refractivity contribution is 5.69. The van der Waals surface area contributed by atoms with Crippen molar-refractivity contribution >= 4 is 11.8 Å². The van der Waals surface area contributed by atoms with Crippen LogP contribution in [-0.2, 0) is 4.74 Å². The number of benzene rings is 1. The molecule has 0 radical (unpaired) electrons. The van der Waals surface area contributed by atoms with Gasteiger partial charge in [0.15, 0.2) is 5.60 Å². The first-order chi connectivity index (χ1) is 11.8. The highest BCUT2D eigenvalue weighted by atomic mass is 16.6. The van der Waals surface area contributed by atoms with E-state index in [9.17, 15) is 4.79 Å². The zero-order chi connectivity index (χ0) is 18.1. The topological polar surface area (TPSA) is 50.8 Å². The smallest absolute Gasteiger partial charge is 0.410 e. The van der Waals surface area contributed by atoms with E-state index in [1.54, 1.807) is 11.0 Å². The quantitative estimate of drug-likeness (QED) is 0.825. The van der Waals surface area contributed by atoms with Gasteiger partial charge in [0, 0.05) is 25.9 Å². The first kappa shape index (κ1) is 17.4. The van der Waals surface area contributed by atoms with Crippen LogP contribution in [-0.4, -0.2) is 35.3 Å². The predicted octanol–water partition coefficient (Wildman–Crippen LogP) is 4.33. The first-order valence-electron chi connectivity index (χ1n) is 8.69. The van der Waals surface area contributed by atoms with Gasteiger partial charge in [-0.25, -0.2) is 4.79 Å². The van der Waals surface area contributed by atoms with Crippen molar-refractivity contribution in [2.24, 2.45) is 0 Å². The number of allylic oxidation sites excluding steroid dienone is 2.